The molecular formula is C48H76O16. The third-order valence-electron chi connectivity index (χ3n) is 16.8. The van der Waals surface area contributed by atoms with E-state index in [9.17, 15) is 30.0 Å². The molecule has 7 aliphatic rings. The molecule has 16 nitrogen and oxygen atoms in total. The standard InChI is InChI=1S/C48H76O16/c1-25(2)12-13-37(50)62-36-24-35-44(7)16-15-31(20-30(44)14-17-47(35,53)48(54)19-18-46(52,29(6)49)45(36,48)8)61-38-22-33(56-10)42(27(4)59-38)64-40-23-34(57-11)43(28(5)60-40)63-39-21-32(55-9)41(51)26(3)58-39/h12-14,25-28,31-36,38-43,51-54H,15-24H2,1-11H3/b13-12+/t26-,27-,28-,31+,32-,33+,34+,35-,36-,38+,39+,40+,41-,42-,43-,44+,45-,46-,47+,48-/m1/s1. The summed E-state index contributed by atoms with van der Waals surface area (Å²) in [6.45, 7) is 14.5. The Kier molecular flexibility index (Phi) is 14.8. The molecule has 4 aliphatic carbocycles. The van der Waals surface area contributed by atoms with Gasteiger partial charge in [-0.3, -0.25) is 4.79 Å². The number of ether oxygens (including phenoxy) is 10. The van der Waals surface area contributed by atoms with Crippen LogP contribution in [0.5, 0.6) is 0 Å². The van der Waals surface area contributed by atoms with Gasteiger partial charge in [0.1, 0.15) is 41.2 Å². The van der Waals surface area contributed by atoms with E-state index in [1.807, 2.05) is 33.8 Å². The van der Waals surface area contributed by atoms with Crippen LogP contribution in [0.15, 0.2) is 23.8 Å². The normalized spacial score (nSPS) is 49.5. The molecule has 20 atom stereocenters. The number of carbonyl (C=O) groups is 2. The lowest BCUT2D eigenvalue weighted by Crippen LogP contribution is -2.78. The van der Waals surface area contributed by atoms with Crippen molar-refractivity contribution in [1.29, 1.82) is 0 Å². The van der Waals surface area contributed by atoms with Gasteiger partial charge in [0.15, 0.2) is 24.7 Å². The van der Waals surface area contributed by atoms with Gasteiger partial charge in [-0.15, -0.1) is 0 Å². The van der Waals surface area contributed by atoms with Crippen LogP contribution in [0.25, 0.3) is 0 Å². The third kappa shape index (κ3) is 8.51. The Morgan fingerprint density at radius 1 is 0.781 bits per heavy atom. The Labute approximate surface area is 378 Å². The summed E-state index contributed by atoms with van der Waals surface area (Å²) in [6.07, 6.45) is 1.04. The summed E-state index contributed by atoms with van der Waals surface area (Å²) in [5, 5.41) is 48.1. The van der Waals surface area contributed by atoms with Crippen LogP contribution in [0.1, 0.15) is 120 Å². The molecule has 3 saturated heterocycles. The highest BCUT2D eigenvalue weighted by Crippen LogP contribution is 2.71. The topological polar surface area (TPSA) is 207 Å². The summed E-state index contributed by atoms with van der Waals surface area (Å²) in [4.78, 5) is 26.5. The van der Waals surface area contributed by atoms with Gasteiger partial charge in [0.2, 0.25) is 0 Å². The summed E-state index contributed by atoms with van der Waals surface area (Å²) in [5.74, 6) is -1.61. The molecule has 0 unspecified atom stereocenters. The van der Waals surface area contributed by atoms with E-state index >= 15 is 0 Å². The first-order valence-electron chi connectivity index (χ1n) is 23.5. The fourth-order valence-electron chi connectivity index (χ4n) is 12.8. The zero-order chi connectivity index (χ0) is 46.7. The van der Waals surface area contributed by atoms with Crippen LogP contribution < -0.4 is 0 Å². The molecule has 0 aromatic carbocycles. The van der Waals surface area contributed by atoms with Gasteiger partial charge in [-0.05, 0) is 90.9 Å². The third-order valence-corrected chi connectivity index (χ3v) is 16.8. The molecule has 7 rings (SSSR count). The van der Waals surface area contributed by atoms with Crippen molar-refractivity contribution >= 4 is 11.8 Å². The fourth-order valence-corrected chi connectivity index (χ4v) is 12.8. The number of aliphatic hydroxyl groups excluding tert-OH is 1. The maximum atomic E-state index is 13.3. The van der Waals surface area contributed by atoms with E-state index in [4.69, 9.17) is 47.4 Å². The lowest BCUT2D eigenvalue weighted by atomic mass is 9.42. The molecule has 0 radical (unpaired) electrons. The Bertz CT molecular complexity index is 1740. The number of allylic oxidation sites excluding steroid dienone is 1. The Morgan fingerprint density at radius 3 is 1.88 bits per heavy atom. The van der Waals surface area contributed by atoms with Gasteiger partial charge in [-0.1, -0.05) is 38.5 Å². The van der Waals surface area contributed by atoms with Crippen molar-refractivity contribution in [2.45, 2.75) is 222 Å². The van der Waals surface area contributed by atoms with Gasteiger partial charge >= 0.3 is 5.97 Å². The van der Waals surface area contributed by atoms with Gasteiger partial charge in [-0.25, -0.2) is 4.79 Å². The van der Waals surface area contributed by atoms with Crippen LogP contribution in [-0.2, 0) is 57.0 Å². The summed E-state index contributed by atoms with van der Waals surface area (Å²) < 4.78 is 62.0. The number of ketones is 1. The summed E-state index contributed by atoms with van der Waals surface area (Å²) in [6, 6.07) is 0. The van der Waals surface area contributed by atoms with E-state index in [0.29, 0.717) is 38.5 Å². The number of Topliss-reactive ketones (excluding diaryl/α,β-unsaturated/α-hetero) is 1. The average Bonchev–Trinajstić information content (AvgIpc) is 3.48. The molecule has 4 N–H and O–H groups in total. The van der Waals surface area contributed by atoms with Crippen molar-refractivity contribution in [3.05, 3.63) is 23.8 Å². The molecule has 3 aliphatic heterocycles. The lowest BCUT2D eigenvalue weighted by Gasteiger charge is -2.67. The number of methoxy groups -OCH3 is 3. The smallest absolute Gasteiger partial charge is 0.330 e. The van der Waals surface area contributed by atoms with Crippen LogP contribution in [0.2, 0.25) is 0 Å². The lowest BCUT2D eigenvalue weighted by molar-refractivity contribution is -0.338. The number of hydrogen-bond donors (Lipinski definition) is 4. The molecule has 0 spiro atoms. The second kappa shape index (κ2) is 18.9. The molecule has 3 saturated carbocycles. The second-order valence-corrected chi connectivity index (χ2v) is 20.6. The highest BCUT2D eigenvalue weighted by Gasteiger charge is 2.81. The van der Waals surface area contributed by atoms with Gasteiger partial charge < -0.3 is 67.8 Å². The molecule has 16 heteroatoms. The van der Waals surface area contributed by atoms with E-state index in [-0.39, 0.29) is 49.9 Å². The van der Waals surface area contributed by atoms with Crippen molar-refractivity contribution < 1.29 is 77.4 Å². The summed E-state index contributed by atoms with van der Waals surface area (Å²) in [5.41, 5.74) is -6.83. The molecular weight excluding hydrogens is 833 g/mol. The summed E-state index contributed by atoms with van der Waals surface area (Å²) >= 11 is 0. The zero-order valence-corrected chi connectivity index (χ0v) is 39.7. The van der Waals surface area contributed by atoms with Crippen molar-refractivity contribution in [2.24, 2.45) is 22.7 Å². The summed E-state index contributed by atoms with van der Waals surface area (Å²) in [7, 11) is 4.84. The predicted molar refractivity (Wildman–Crippen MR) is 229 cm³/mol. The number of hydrogen-bond acceptors (Lipinski definition) is 16. The van der Waals surface area contributed by atoms with E-state index in [0.717, 1.165) is 5.57 Å². The molecule has 0 bridgehead atoms. The molecule has 364 valence electrons. The van der Waals surface area contributed by atoms with Crippen molar-refractivity contribution in [3.63, 3.8) is 0 Å². The quantitative estimate of drug-likeness (QED) is 0.116. The zero-order valence-electron chi connectivity index (χ0n) is 39.7. The minimum absolute atomic E-state index is 0.0266. The number of fused-ring (bicyclic) bond motifs is 5. The maximum Gasteiger partial charge on any atom is 0.330 e. The van der Waals surface area contributed by atoms with Gasteiger partial charge in [0.25, 0.3) is 0 Å². The first kappa shape index (κ1) is 50.0. The number of rotatable bonds is 13. The van der Waals surface area contributed by atoms with Crippen molar-refractivity contribution in [3.8, 4) is 0 Å². The number of carbonyl (C=O) groups excluding carboxylic acids is 2. The molecule has 64 heavy (non-hydrogen) atoms. The number of esters is 1. The highest BCUT2D eigenvalue weighted by atomic mass is 16.7. The van der Waals surface area contributed by atoms with Crippen LogP contribution >= 0.6 is 0 Å². The predicted octanol–water partition coefficient (Wildman–Crippen LogP) is 4.20. The van der Waals surface area contributed by atoms with E-state index in [2.05, 4.69) is 6.92 Å². The molecule has 0 amide bonds. The minimum atomic E-state index is -2.01. The molecule has 0 aromatic heterocycles. The minimum Gasteiger partial charge on any atom is -0.458 e. The van der Waals surface area contributed by atoms with Gasteiger partial charge in [0.05, 0.1) is 48.1 Å². The number of aliphatic hydroxyl groups is 4. The Hall–Kier alpha value is -1.90. The van der Waals surface area contributed by atoms with Crippen LogP contribution in [0.4, 0.5) is 0 Å². The van der Waals surface area contributed by atoms with Crippen molar-refractivity contribution in [1.82, 2.24) is 0 Å². The van der Waals surface area contributed by atoms with E-state index < -0.39 is 113 Å². The molecule has 6 fully saturated rings. The monoisotopic (exact) mass is 909 g/mol. The SMILES string of the molecule is CO[C@H]1C[C@H](O[C@H]2CC[C@@]3(C)C(=CC[C@]4(O)[C@@H]3C[C@@H](OC(=O)/C=C/C(C)C)[C@@]3(C)[C@]4(O)CC[C@@]3(O)C(C)=O)C2)O[C@H](C)[C@H]1O[C@H]1C[C@H](OC)[C@H](O[C@H]2C[C@@H](OC)[C@H](O)[C@@H](C)O2)[C@@H](C)O1. The van der Waals surface area contributed by atoms with Crippen molar-refractivity contribution in [2.75, 3.05) is 21.3 Å². The van der Waals surface area contributed by atoms with Gasteiger partial charge in [0, 0.05) is 52.6 Å². The maximum absolute atomic E-state index is 13.3. The first-order chi connectivity index (χ1) is 30.1. The van der Waals surface area contributed by atoms with Crippen LogP contribution in [0, 0.1) is 22.7 Å². The molecule has 0 aromatic rings. The average molecular weight is 909 g/mol. The van der Waals surface area contributed by atoms with Gasteiger partial charge in [-0.2, -0.15) is 0 Å². The van der Waals surface area contributed by atoms with Crippen LogP contribution in [-0.4, -0.2) is 156 Å². The molecule has 3 heterocycles. The first-order valence-corrected chi connectivity index (χ1v) is 23.5. The Balaban J connectivity index is 1.00. The Morgan fingerprint density at radius 2 is 1.33 bits per heavy atom. The second-order valence-electron chi connectivity index (χ2n) is 20.6. The van der Waals surface area contributed by atoms with E-state index in [1.54, 1.807) is 41.3 Å². The van der Waals surface area contributed by atoms with E-state index in [1.165, 1.54) is 13.0 Å². The fraction of sp³-hybridized carbons (Fsp3) is 0.875. The highest BCUT2D eigenvalue weighted by molar-refractivity contribution is 5.87. The van der Waals surface area contributed by atoms with Crippen LogP contribution in [0.3, 0.4) is 0 Å². The largest absolute Gasteiger partial charge is 0.458 e.